The second kappa shape index (κ2) is 5.63. The third-order valence-electron chi connectivity index (χ3n) is 3.25. The van der Waals surface area contributed by atoms with Crippen LogP contribution in [-0.4, -0.2) is 29.3 Å². The normalized spacial score (nSPS) is 19.9. The minimum Gasteiger partial charge on any atom is -0.294 e. The lowest BCUT2D eigenvalue weighted by molar-refractivity contribution is -0.140. The van der Waals surface area contributed by atoms with Gasteiger partial charge in [-0.1, -0.05) is 25.1 Å². The zero-order valence-corrected chi connectivity index (χ0v) is 10.7. The van der Waals surface area contributed by atoms with Crippen molar-refractivity contribution in [3.8, 4) is 6.07 Å². The number of amides is 2. The third-order valence-corrected chi connectivity index (χ3v) is 3.25. The summed E-state index contributed by atoms with van der Waals surface area (Å²) in [7, 11) is 0. The number of benzene rings is 1. The summed E-state index contributed by atoms with van der Waals surface area (Å²) in [5.41, 5.74) is 1.42. The molecule has 0 radical (unpaired) electrons. The number of carbonyl (C=O) groups excluding carboxylic acids is 2. The molecule has 0 bridgehead atoms. The largest absolute Gasteiger partial charge is 0.294 e. The van der Waals surface area contributed by atoms with Crippen LogP contribution in [0.3, 0.4) is 0 Å². The standard InChI is InChI=1S/C14H15N3O2/c1-2-12-14(19)16-13(18)9-17(12)8-11-6-4-3-5-10(11)7-15/h3-6,12H,2,8-9H2,1H3,(H,16,18,19). The predicted octanol–water partition coefficient (Wildman–Crippen LogP) is 0.795. The van der Waals surface area contributed by atoms with E-state index >= 15 is 0 Å². The van der Waals surface area contributed by atoms with Crippen LogP contribution in [0.15, 0.2) is 24.3 Å². The molecule has 1 aromatic carbocycles. The summed E-state index contributed by atoms with van der Waals surface area (Å²) in [6.07, 6.45) is 0.633. The molecule has 1 aliphatic rings. The minimum absolute atomic E-state index is 0.185. The Labute approximate surface area is 111 Å². The van der Waals surface area contributed by atoms with Gasteiger partial charge in [-0.05, 0) is 18.1 Å². The van der Waals surface area contributed by atoms with Gasteiger partial charge in [-0.3, -0.25) is 19.8 Å². The van der Waals surface area contributed by atoms with Crippen LogP contribution >= 0.6 is 0 Å². The number of piperazine rings is 1. The average Bonchev–Trinajstić information content (AvgIpc) is 2.39. The van der Waals surface area contributed by atoms with Gasteiger partial charge >= 0.3 is 0 Å². The van der Waals surface area contributed by atoms with Crippen molar-refractivity contribution in [3.63, 3.8) is 0 Å². The third kappa shape index (κ3) is 2.80. The smallest absolute Gasteiger partial charge is 0.243 e. The lowest BCUT2D eigenvalue weighted by Crippen LogP contribution is -2.57. The van der Waals surface area contributed by atoms with Crippen LogP contribution in [0.1, 0.15) is 24.5 Å². The molecule has 1 unspecified atom stereocenters. The summed E-state index contributed by atoms with van der Waals surface area (Å²) in [5, 5.41) is 11.4. The number of rotatable bonds is 3. The Morgan fingerprint density at radius 2 is 2.16 bits per heavy atom. The van der Waals surface area contributed by atoms with Gasteiger partial charge in [-0.2, -0.15) is 5.26 Å². The Morgan fingerprint density at radius 3 is 2.84 bits per heavy atom. The van der Waals surface area contributed by atoms with Crippen LogP contribution in [0.4, 0.5) is 0 Å². The molecular formula is C14H15N3O2. The lowest BCUT2D eigenvalue weighted by atomic mass is 10.0. The summed E-state index contributed by atoms with van der Waals surface area (Å²) < 4.78 is 0. The molecule has 1 heterocycles. The molecule has 2 rings (SSSR count). The number of nitrogens with one attached hydrogen (secondary N) is 1. The number of nitriles is 1. The van der Waals surface area contributed by atoms with Gasteiger partial charge in [-0.15, -0.1) is 0 Å². The molecule has 0 aliphatic carbocycles. The van der Waals surface area contributed by atoms with E-state index in [2.05, 4.69) is 11.4 Å². The SMILES string of the molecule is CCC1C(=O)NC(=O)CN1Cc1ccccc1C#N. The monoisotopic (exact) mass is 257 g/mol. The van der Waals surface area contributed by atoms with Crippen LogP contribution < -0.4 is 5.32 Å². The van der Waals surface area contributed by atoms with E-state index in [9.17, 15) is 9.59 Å². The van der Waals surface area contributed by atoms with Gasteiger partial charge in [0.05, 0.1) is 24.2 Å². The number of hydrogen-bond donors (Lipinski definition) is 1. The number of hydrogen-bond acceptors (Lipinski definition) is 4. The Hall–Kier alpha value is -2.19. The average molecular weight is 257 g/mol. The summed E-state index contributed by atoms with van der Waals surface area (Å²) in [5.74, 6) is -0.544. The molecule has 1 aliphatic heterocycles. The van der Waals surface area contributed by atoms with Crippen LogP contribution in [0.25, 0.3) is 0 Å². The first-order valence-electron chi connectivity index (χ1n) is 6.21. The molecule has 5 nitrogen and oxygen atoms in total. The number of imide groups is 1. The fourth-order valence-corrected chi connectivity index (χ4v) is 2.32. The second-order valence-electron chi connectivity index (χ2n) is 4.51. The number of carbonyl (C=O) groups is 2. The van der Waals surface area contributed by atoms with Crippen molar-refractivity contribution in [1.29, 1.82) is 5.26 Å². The molecule has 1 fully saturated rings. The number of nitrogens with zero attached hydrogens (tertiary/aromatic N) is 2. The van der Waals surface area contributed by atoms with E-state index in [1.165, 1.54) is 0 Å². The van der Waals surface area contributed by atoms with E-state index in [1.54, 1.807) is 12.1 Å². The Morgan fingerprint density at radius 1 is 1.42 bits per heavy atom. The molecule has 0 aromatic heterocycles. The molecule has 2 amide bonds. The van der Waals surface area contributed by atoms with Gasteiger partial charge in [-0.25, -0.2) is 0 Å². The molecule has 1 atom stereocenters. The summed E-state index contributed by atoms with van der Waals surface area (Å²) in [6, 6.07) is 9.05. The Balaban J connectivity index is 2.23. The fraction of sp³-hybridized carbons (Fsp3) is 0.357. The van der Waals surface area contributed by atoms with Crippen molar-refractivity contribution in [2.24, 2.45) is 0 Å². The molecule has 0 saturated carbocycles. The molecule has 5 heteroatoms. The van der Waals surface area contributed by atoms with E-state index in [4.69, 9.17) is 5.26 Å². The van der Waals surface area contributed by atoms with E-state index in [0.717, 1.165) is 5.56 Å². The quantitative estimate of drug-likeness (QED) is 0.813. The van der Waals surface area contributed by atoms with Crippen LogP contribution in [0, 0.1) is 11.3 Å². The Bertz CT molecular complexity index is 548. The maximum Gasteiger partial charge on any atom is 0.243 e. The van der Waals surface area contributed by atoms with E-state index in [-0.39, 0.29) is 24.4 Å². The highest BCUT2D eigenvalue weighted by Crippen LogP contribution is 2.16. The van der Waals surface area contributed by atoms with Crippen LogP contribution in [0.2, 0.25) is 0 Å². The zero-order valence-electron chi connectivity index (χ0n) is 10.7. The minimum atomic E-state index is -0.315. The molecule has 1 saturated heterocycles. The van der Waals surface area contributed by atoms with Gasteiger partial charge in [0, 0.05) is 6.54 Å². The second-order valence-corrected chi connectivity index (χ2v) is 4.51. The van der Waals surface area contributed by atoms with Gasteiger partial charge < -0.3 is 0 Å². The molecular weight excluding hydrogens is 242 g/mol. The molecule has 0 spiro atoms. The highest BCUT2D eigenvalue weighted by molar-refractivity contribution is 6.01. The van der Waals surface area contributed by atoms with Crippen molar-refractivity contribution >= 4 is 11.8 Å². The zero-order chi connectivity index (χ0) is 13.8. The maximum absolute atomic E-state index is 11.8. The molecule has 1 aromatic rings. The first-order chi connectivity index (χ1) is 9.15. The van der Waals surface area contributed by atoms with Gasteiger partial charge in [0.2, 0.25) is 11.8 Å². The van der Waals surface area contributed by atoms with Gasteiger partial charge in [0.25, 0.3) is 0 Å². The van der Waals surface area contributed by atoms with Crippen molar-refractivity contribution < 1.29 is 9.59 Å². The predicted molar refractivity (Wildman–Crippen MR) is 68.8 cm³/mol. The van der Waals surface area contributed by atoms with Gasteiger partial charge in [0.1, 0.15) is 0 Å². The summed E-state index contributed by atoms with van der Waals surface area (Å²) in [4.78, 5) is 25.0. The first-order valence-corrected chi connectivity index (χ1v) is 6.21. The fourth-order valence-electron chi connectivity index (χ4n) is 2.32. The van der Waals surface area contributed by atoms with E-state index in [0.29, 0.717) is 18.5 Å². The topological polar surface area (TPSA) is 73.2 Å². The van der Waals surface area contributed by atoms with Crippen molar-refractivity contribution in [3.05, 3.63) is 35.4 Å². The maximum atomic E-state index is 11.8. The molecule has 19 heavy (non-hydrogen) atoms. The van der Waals surface area contributed by atoms with Gasteiger partial charge in [0.15, 0.2) is 0 Å². The van der Waals surface area contributed by atoms with E-state index in [1.807, 2.05) is 24.0 Å². The van der Waals surface area contributed by atoms with Crippen LogP contribution in [-0.2, 0) is 16.1 Å². The highest BCUT2D eigenvalue weighted by Gasteiger charge is 2.32. The van der Waals surface area contributed by atoms with E-state index < -0.39 is 0 Å². The van der Waals surface area contributed by atoms with Crippen LogP contribution in [0.5, 0.6) is 0 Å². The van der Waals surface area contributed by atoms with Crippen molar-refractivity contribution in [2.45, 2.75) is 25.9 Å². The first kappa shape index (κ1) is 13.2. The molecule has 98 valence electrons. The Kier molecular flexibility index (Phi) is 3.93. The highest BCUT2D eigenvalue weighted by atomic mass is 16.2. The van der Waals surface area contributed by atoms with Crippen molar-refractivity contribution in [1.82, 2.24) is 10.2 Å². The summed E-state index contributed by atoms with van der Waals surface area (Å²) >= 11 is 0. The van der Waals surface area contributed by atoms with Crippen molar-refractivity contribution in [2.75, 3.05) is 6.54 Å². The molecule has 1 N–H and O–H groups in total. The lowest BCUT2D eigenvalue weighted by Gasteiger charge is -2.33. The summed E-state index contributed by atoms with van der Waals surface area (Å²) in [6.45, 7) is 2.52.